The highest BCUT2D eigenvalue weighted by Crippen LogP contribution is 2.17. The molecule has 0 saturated heterocycles. The summed E-state index contributed by atoms with van der Waals surface area (Å²) < 4.78 is 4.96. The average molecular weight is 379 g/mol. The van der Waals surface area contributed by atoms with Crippen LogP contribution in [-0.4, -0.2) is 43.6 Å². The molecule has 0 bridgehead atoms. The molecule has 2 amide bonds. The fraction of sp³-hybridized carbons (Fsp3) is 0.273. The summed E-state index contributed by atoms with van der Waals surface area (Å²) in [5, 5.41) is 6.92. The van der Waals surface area contributed by atoms with Gasteiger partial charge >= 0.3 is 0 Å². The maximum atomic E-state index is 12.4. The van der Waals surface area contributed by atoms with Gasteiger partial charge in [0, 0.05) is 55.0 Å². The van der Waals surface area contributed by atoms with Gasteiger partial charge in [-0.25, -0.2) is 0 Å². The summed E-state index contributed by atoms with van der Waals surface area (Å²) in [6.45, 7) is 1.65. The quantitative estimate of drug-likeness (QED) is 0.500. The van der Waals surface area contributed by atoms with Crippen LogP contribution < -0.4 is 10.6 Å². The minimum absolute atomic E-state index is 0.186. The molecule has 6 nitrogen and oxygen atoms in total. The maximum absolute atomic E-state index is 12.4. The number of H-pyrrole nitrogens is 1. The molecule has 6 heteroatoms. The van der Waals surface area contributed by atoms with Gasteiger partial charge in [0.25, 0.3) is 11.8 Å². The topological polar surface area (TPSA) is 83.2 Å². The number of nitrogens with one attached hydrogen (secondary N) is 3. The van der Waals surface area contributed by atoms with Gasteiger partial charge in [0.05, 0.1) is 0 Å². The minimum Gasteiger partial charge on any atom is -0.385 e. The van der Waals surface area contributed by atoms with Gasteiger partial charge < -0.3 is 20.4 Å². The zero-order valence-corrected chi connectivity index (χ0v) is 16.0. The number of benzene rings is 2. The predicted octanol–water partition coefficient (Wildman–Crippen LogP) is 2.91. The molecule has 0 saturated carbocycles. The summed E-state index contributed by atoms with van der Waals surface area (Å²) >= 11 is 0. The van der Waals surface area contributed by atoms with Gasteiger partial charge in [0.2, 0.25) is 0 Å². The molecule has 1 heterocycles. The highest BCUT2D eigenvalue weighted by Gasteiger charge is 2.10. The zero-order chi connectivity index (χ0) is 19.8. The summed E-state index contributed by atoms with van der Waals surface area (Å²) in [5.41, 5.74) is 3.21. The van der Waals surface area contributed by atoms with Gasteiger partial charge in [-0.3, -0.25) is 9.59 Å². The molecule has 2 aromatic carbocycles. The number of hydrogen-bond acceptors (Lipinski definition) is 3. The first-order chi connectivity index (χ1) is 13.7. The predicted molar refractivity (Wildman–Crippen MR) is 110 cm³/mol. The Bertz CT molecular complexity index is 949. The first kappa shape index (κ1) is 19.6. The van der Waals surface area contributed by atoms with Crippen molar-refractivity contribution in [1.82, 2.24) is 15.6 Å². The Morgan fingerprint density at radius 1 is 0.964 bits per heavy atom. The number of hydrogen-bond donors (Lipinski definition) is 3. The Hall–Kier alpha value is -3.12. The smallest absolute Gasteiger partial charge is 0.251 e. The number of carbonyl (C=O) groups excluding carboxylic acids is 2. The number of carbonyl (C=O) groups is 2. The standard InChI is InChI=1S/C22H25N3O3/c1-28-13-5-11-23-21(26)16-6-4-7-17(14-16)22(27)24-12-10-18-15-25-20-9-3-2-8-19(18)20/h2-4,6-9,14-15,25H,5,10-13H2,1H3,(H,23,26)(H,24,27). The van der Waals surface area contributed by atoms with Crippen LogP contribution in [0.25, 0.3) is 10.9 Å². The van der Waals surface area contributed by atoms with Crippen LogP contribution in [0.4, 0.5) is 0 Å². The molecule has 0 unspecified atom stereocenters. The highest BCUT2D eigenvalue weighted by atomic mass is 16.5. The average Bonchev–Trinajstić information content (AvgIpc) is 3.14. The summed E-state index contributed by atoms with van der Waals surface area (Å²) in [6.07, 6.45) is 3.46. The lowest BCUT2D eigenvalue weighted by atomic mass is 10.1. The van der Waals surface area contributed by atoms with Crippen molar-refractivity contribution < 1.29 is 14.3 Å². The normalized spacial score (nSPS) is 10.8. The van der Waals surface area contributed by atoms with E-state index in [-0.39, 0.29) is 11.8 Å². The molecule has 3 N–H and O–H groups in total. The molecule has 3 rings (SSSR count). The van der Waals surface area contributed by atoms with Crippen LogP contribution in [-0.2, 0) is 11.2 Å². The van der Waals surface area contributed by atoms with E-state index in [9.17, 15) is 9.59 Å². The van der Waals surface area contributed by atoms with E-state index in [1.807, 2.05) is 24.4 Å². The fourth-order valence-corrected chi connectivity index (χ4v) is 3.07. The molecule has 28 heavy (non-hydrogen) atoms. The largest absolute Gasteiger partial charge is 0.385 e. The lowest BCUT2D eigenvalue weighted by Crippen LogP contribution is -2.27. The van der Waals surface area contributed by atoms with Gasteiger partial charge in [-0.15, -0.1) is 0 Å². The molecule has 1 aromatic heterocycles. The monoisotopic (exact) mass is 379 g/mol. The second kappa shape index (κ2) is 9.71. The maximum Gasteiger partial charge on any atom is 0.251 e. The van der Waals surface area contributed by atoms with Gasteiger partial charge in [0.1, 0.15) is 0 Å². The molecule has 0 fully saturated rings. The van der Waals surface area contributed by atoms with Crippen LogP contribution in [0.15, 0.2) is 54.7 Å². The third kappa shape index (κ3) is 4.98. The number of para-hydroxylation sites is 1. The Balaban J connectivity index is 1.53. The van der Waals surface area contributed by atoms with Crippen molar-refractivity contribution in [3.05, 3.63) is 71.4 Å². The molecule has 0 atom stereocenters. The van der Waals surface area contributed by atoms with Crippen LogP contribution in [0.1, 0.15) is 32.7 Å². The summed E-state index contributed by atoms with van der Waals surface area (Å²) in [6, 6.07) is 14.8. The number of ether oxygens (including phenoxy) is 1. The first-order valence-corrected chi connectivity index (χ1v) is 9.39. The molecule has 0 radical (unpaired) electrons. The molecular weight excluding hydrogens is 354 g/mol. The van der Waals surface area contributed by atoms with Crippen molar-refractivity contribution >= 4 is 22.7 Å². The van der Waals surface area contributed by atoms with E-state index in [0.29, 0.717) is 30.8 Å². The number of aromatic amines is 1. The van der Waals surface area contributed by atoms with Crippen LogP contribution in [0.3, 0.4) is 0 Å². The molecule has 146 valence electrons. The number of methoxy groups -OCH3 is 1. The van der Waals surface area contributed by atoms with E-state index in [1.54, 1.807) is 31.4 Å². The van der Waals surface area contributed by atoms with E-state index in [0.717, 1.165) is 18.4 Å². The second-order valence-corrected chi connectivity index (χ2v) is 6.55. The zero-order valence-electron chi connectivity index (χ0n) is 16.0. The van der Waals surface area contributed by atoms with Crippen LogP contribution in [0.5, 0.6) is 0 Å². The van der Waals surface area contributed by atoms with Crippen LogP contribution >= 0.6 is 0 Å². The lowest BCUT2D eigenvalue weighted by molar-refractivity contribution is 0.0948. The number of rotatable bonds is 9. The highest BCUT2D eigenvalue weighted by molar-refractivity contribution is 5.99. The fourth-order valence-electron chi connectivity index (χ4n) is 3.07. The van der Waals surface area contributed by atoms with Crippen molar-refractivity contribution in [1.29, 1.82) is 0 Å². The van der Waals surface area contributed by atoms with Crippen molar-refractivity contribution in [3.8, 4) is 0 Å². The van der Waals surface area contributed by atoms with Crippen molar-refractivity contribution in [2.45, 2.75) is 12.8 Å². The van der Waals surface area contributed by atoms with Crippen LogP contribution in [0, 0.1) is 0 Å². The molecule has 3 aromatic rings. The molecule has 0 aliphatic carbocycles. The molecule has 0 spiro atoms. The Morgan fingerprint density at radius 3 is 2.43 bits per heavy atom. The van der Waals surface area contributed by atoms with E-state index < -0.39 is 0 Å². The molecular formula is C22H25N3O3. The Kier molecular flexibility index (Phi) is 6.81. The Morgan fingerprint density at radius 2 is 1.68 bits per heavy atom. The SMILES string of the molecule is COCCCNC(=O)c1cccc(C(=O)NCCc2c[nH]c3ccccc23)c1. The van der Waals surface area contributed by atoms with Crippen LogP contribution in [0.2, 0.25) is 0 Å². The number of aromatic nitrogens is 1. The van der Waals surface area contributed by atoms with Crippen molar-refractivity contribution in [2.75, 3.05) is 26.8 Å². The van der Waals surface area contributed by atoms with Gasteiger partial charge in [-0.2, -0.15) is 0 Å². The van der Waals surface area contributed by atoms with E-state index in [2.05, 4.69) is 21.7 Å². The third-order valence-corrected chi connectivity index (χ3v) is 4.55. The third-order valence-electron chi connectivity index (χ3n) is 4.55. The van der Waals surface area contributed by atoms with Gasteiger partial charge in [-0.05, 0) is 42.7 Å². The second-order valence-electron chi connectivity index (χ2n) is 6.55. The first-order valence-electron chi connectivity index (χ1n) is 9.39. The number of amides is 2. The summed E-state index contributed by atoms with van der Waals surface area (Å²) in [4.78, 5) is 27.9. The van der Waals surface area contributed by atoms with Crippen molar-refractivity contribution in [2.24, 2.45) is 0 Å². The van der Waals surface area contributed by atoms with Gasteiger partial charge in [-0.1, -0.05) is 24.3 Å². The molecule has 0 aliphatic rings. The Labute approximate surface area is 164 Å². The van der Waals surface area contributed by atoms with E-state index in [1.165, 1.54) is 10.9 Å². The van der Waals surface area contributed by atoms with E-state index in [4.69, 9.17) is 4.74 Å². The summed E-state index contributed by atoms with van der Waals surface area (Å²) in [5.74, 6) is -0.376. The van der Waals surface area contributed by atoms with Gasteiger partial charge in [0.15, 0.2) is 0 Å². The number of fused-ring (bicyclic) bond motifs is 1. The van der Waals surface area contributed by atoms with Crippen molar-refractivity contribution in [3.63, 3.8) is 0 Å². The lowest BCUT2D eigenvalue weighted by Gasteiger charge is -2.08. The molecule has 0 aliphatic heterocycles. The summed E-state index contributed by atoms with van der Waals surface area (Å²) in [7, 11) is 1.63. The van der Waals surface area contributed by atoms with E-state index >= 15 is 0 Å². The minimum atomic E-state index is -0.190.